The number of phenolic OH excluding ortho intramolecular Hbond substituents is 2. The number of rotatable bonds is 2. The van der Waals surface area contributed by atoms with Gasteiger partial charge in [0.1, 0.15) is 11.5 Å². The quantitative estimate of drug-likeness (QED) is 0.450. The predicted molar refractivity (Wildman–Crippen MR) is 91.6 cm³/mol. The molecule has 1 heterocycles. The molecule has 25 heavy (non-hydrogen) atoms. The Morgan fingerprint density at radius 3 is 2.24 bits per heavy atom. The zero-order valence-corrected chi connectivity index (χ0v) is 14.6. The smallest absolute Gasteiger partial charge is 0.254 e. The number of carbonyl (C=O) groups is 2. The maximum atomic E-state index is 12.8. The molecule has 6 rings (SSSR count). The number of carbonyl (C=O) groups excluding carboxylic acids is 2. The van der Waals surface area contributed by atoms with E-state index in [9.17, 15) is 19.8 Å². The van der Waals surface area contributed by atoms with E-state index in [0.717, 1.165) is 11.4 Å². The maximum absolute atomic E-state index is 12.8. The van der Waals surface area contributed by atoms with E-state index in [1.807, 2.05) is 0 Å². The van der Waals surface area contributed by atoms with Gasteiger partial charge in [-0.25, -0.2) is 0 Å². The lowest BCUT2D eigenvalue weighted by atomic mass is 9.63. The molecule has 2 amide bonds. The van der Waals surface area contributed by atoms with Crippen molar-refractivity contribution in [3.8, 4) is 11.5 Å². The summed E-state index contributed by atoms with van der Waals surface area (Å²) in [6, 6.07) is 2.66. The van der Waals surface area contributed by atoms with E-state index in [4.69, 9.17) is 0 Å². The molecule has 5 aliphatic rings. The lowest BCUT2D eigenvalue weighted by molar-refractivity contribution is -0.140. The van der Waals surface area contributed by atoms with Gasteiger partial charge in [0, 0.05) is 11.6 Å². The van der Waals surface area contributed by atoms with Crippen molar-refractivity contribution in [3.63, 3.8) is 0 Å². The largest absolute Gasteiger partial charge is 0.507 e. The van der Waals surface area contributed by atoms with Crippen molar-refractivity contribution < 1.29 is 19.8 Å². The topological polar surface area (TPSA) is 90.2 Å². The van der Waals surface area contributed by atoms with Gasteiger partial charge in [-0.3, -0.25) is 9.59 Å². The molecule has 2 saturated carbocycles. The van der Waals surface area contributed by atoms with Gasteiger partial charge in [-0.05, 0) is 52.1 Å². The second-order valence-corrected chi connectivity index (χ2v) is 8.10. The number of allylic oxidation sites excluding steroid dienone is 2. The summed E-state index contributed by atoms with van der Waals surface area (Å²) < 4.78 is 0.391. The summed E-state index contributed by atoms with van der Waals surface area (Å²) in [7, 11) is 0. The molecule has 0 spiro atoms. The molecule has 6 atom stereocenters. The number of hydrogen-bond donors (Lipinski definition) is 2. The Morgan fingerprint density at radius 2 is 1.64 bits per heavy atom. The Hall–Kier alpha value is -2.15. The van der Waals surface area contributed by atoms with Crippen molar-refractivity contribution in [3.05, 3.63) is 34.3 Å². The van der Waals surface area contributed by atoms with Crippen LogP contribution in [0.5, 0.6) is 11.5 Å². The van der Waals surface area contributed by atoms with Crippen LogP contribution in [0.4, 0.5) is 0 Å². The van der Waals surface area contributed by atoms with E-state index in [-0.39, 0.29) is 47.0 Å². The Labute approximate surface area is 152 Å². The zero-order chi connectivity index (χ0) is 17.5. The molecule has 4 aliphatic carbocycles. The SMILES string of the molecule is O=C1C2C3C=CC(C4CC34)C2C(=O)N1/N=C/c1cc(Br)c(O)cc1O. The van der Waals surface area contributed by atoms with Crippen LogP contribution >= 0.6 is 15.9 Å². The Kier molecular flexibility index (Phi) is 2.99. The Morgan fingerprint density at radius 1 is 1.04 bits per heavy atom. The fourth-order valence-electron chi connectivity index (χ4n) is 4.84. The Balaban J connectivity index is 1.46. The summed E-state index contributed by atoms with van der Waals surface area (Å²) in [6.45, 7) is 0. The van der Waals surface area contributed by atoms with E-state index in [1.165, 1.54) is 18.3 Å². The van der Waals surface area contributed by atoms with Gasteiger partial charge in [0.15, 0.2) is 0 Å². The minimum absolute atomic E-state index is 0.101. The fraction of sp³-hybridized carbons (Fsp3) is 0.389. The predicted octanol–water partition coefficient (Wildman–Crippen LogP) is 2.25. The van der Waals surface area contributed by atoms with Gasteiger partial charge in [0.05, 0.1) is 22.5 Å². The third-order valence-electron chi connectivity index (χ3n) is 6.05. The molecule has 0 aromatic heterocycles. The molecule has 0 radical (unpaired) electrons. The van der Waals surface area contributed by atoms with Gasteiger partial charge in [-0.1, -0.05) is 12.2 Å². The summed E-state index contributed by atoms with van der Waals surface area (Å²) in [5.74, 6) is 0.0808. The molecular weight excluding hydrogens is 388 g/mol. The maximum Gasteiger partial charge on any atom is 0.254 e. The first-order valence-electron chi connectivity index (χ1n) is 8.29. The summed E-state index contributed by atoms with van der Waals surface area (Å²) >= 11 is 3.16. The zero-order valence-electron chi connectivity index (χ0n) is 13.0. The number of hydrogen-bond acceptors (Lipinski definition) is 5. The lowest BCUT2D eigenvalue weighted by Gasteiger charge is -2.37. The minimum Gasteiger partial charge on any atom is -0.507 e. The van der Waals surface area contributed by atoms with Crippen LogP contribution in [0.3, 0.4) is 0 Å². The normalized spacial score (nSPS) is 37.7. The van der Waals surface area contributed by atoms with Crippen molar-refractivity contribution in [1.82, 2.24) is 5.01 Å². The van der Waals surface area contributed by atoms with Crippen molar-refractivity contribution >= 4 is 34.0 Å². The monoisotopic (exact) mass is 402 g/mol. The molecule has 2 bridgehead atoms. The van der Waals surface area contributed by atoms with E-state index in [0.29, 0.717) is 21.9 Å². The number of imide groups is 1. The number of halogens is 1. The van der Waals surface area contributed by atoms with Crippen molar-refractivity contribution in [2.24, 2.45) is 40.6 Å². The minimum atomic E-state index is -0.288. The molecule has 2 N–H and O–H groups in total. The number of phenols is 2. The van der Waals surface area contributed by atoms with Crippen molar-refractivity contribution in [1.29, 1.82) is 0 Å². The Bertz CT molecular complexity index is 844. The van der Waals surface area contributed by atoms with E-state index in [1.54, 1.807) is 0 Å². The van der Waals surface area contributed by atoms with Crippen LogP contribution in [0.15, 0.2) is 33.9 Å². The molecule has 6 nitrogen and oxygen atoms in total. The van der Waals surface area contributed by atoms with Crippen LogP contribution in [0.2, 0.25) is 0 Å². The lowest BCUT2D eigenvalue weighted by Crippen LogP contribution is -2.40. The molecule has 128 valence electrons. The molecule has 1 aromatic rings. The van der Waals surface area contributed by atoms with Gasteiger partial charge in [0.25, 0.3) is 11.8 Å². The fourth-order valence-corrected chi connectivity index (χ4v) is 5.21. The van der Waals surface area contributed by atoms with Gasteiger partial charge >= 0.3 is 0 Å². The van der Waals surface area contributed by atoms with Crippen LogP contribution in [-0.2, 0) is 9.59 Å². The van der Waals surface area contributed by atoms with Crippen molar-refractivity contribution in [2.45, 2.75) is 6.42 Å². The summed E-state index contributed by atoms with van der Waals surface area (Å²) in [4.78, 5) is 25.6. The van der Waals surface area contributed by atoms with Crippen LogP contribution in [0.25, 0.3) is 0 Å². The molecule has 7 heteroatoms. The standard InChI is InChI=1S/C18H15BrN2O4/c19-12-3-7(13(22)5-14(12)23)6-20-21-17(24)15-8-1-2-9(11-4-10(8)11)16(15)18(21)25/h1-3,5-6,8-11,15-16,22-23H,4H2/b20-6+. The van der Waals surface area contributed by atoms with E-state index < -0.39 is 0 Å². The number of nitrogens with zero attached hydrogens (tertiary/aromatic N) is 2. The third kappa shape index (κ3) is 1.99. The summed E-state index contributed by atoms with van der Waals surface area (Å²) in [5, 5.41) is 24.5. The van der Waals surface area contributed by atoms with Crippen LogP contribution in [-0.4, -0.2) is 33.3 Å². The first kappa shape index (κ1) is 15.1. The van der Waals surface area contributed by atoms with Crippen LogP contribution < -0.4 is 0 Å². The molecule has 1 aliphatic heterocycles. The highest BCUT2D eigenvalue weighted by Gasteiger charge is 2.67. The summed E-state index contributed by atoms with van der Waals surface area (Å²) in [6.07, 6.45) is 6.62. The average molecular weight is 403 g/mol. The average Bonchev–Trinajstić information content (AvgIpc) is 3.36. The number of amides is 2. The first-order chi connectivity index (χ1) is 12.0. The highest BCUT2D eigenvalue weighted by Crippen LogP contribution is 2.65. The van der Waals surface area contributed by atoms with Gasteiger partial charge in [-0.2, -0.15) is 10.1 Å². The van der Waals surface area contributed by atoms with Crippen LogP contribution in [0.1, 0.15) is 12.0 Å². The summed E-state index contributed by atoms with van der Waals surface area (Å²) in [5.41, 5.74) is 0.309. The number of benzene rings is 1. The second kappa shape index (κ2) is 4.94. The molecule has 3 fully saturated rings. The van der Waals surface area contributed by atoms with Crippen molar-refractivity contribution in [2.75, 3.05) is 0 Å². The van der Waals surface area contributed by atoms with Gasteiger partial charge in [0.2, 0.25) is 0 Å². The molecule has 6 unspecified atom stereocenters. The highest BCUT2D eigenvalue weighted by molar-refractivity contribution is 9.10. The molecular formula is C18H15BrN2O4. The number of hydrazone groups is 1. The number of aromatic hydroxyl groups is 2. The van der Waals surface area contributed by atoms with Crippen LogP contribution in [0, 0.1) is 35.5 Å². The molecule has 1 aromatic carbocycles. The third-order valence-corrected chi connectivity index (χ3v) is 6.68. The van der Waals surface area contributed by atoms with Gasteiger partial charge < -0.3 is 10.2 Å². The van der Waals surface area contributed by atoms with E-state index >= 15 is 0 Å². The second-order valence-electron chi connectivity index (χ2n) is 7.25. The highest BCUT2D eigenvalue weighted by atomic mass is 79.9. The van der Waals surface area contributed by atoms with Gasteiger partial charge in [-0.15, -0.1) is 0 Å². The van der Waals surface area contributed by atoms with E-state index in [2.05, 4.69) is 33.2 Å². The first-order valence-corrected chi connectivity index (χ1v) is 9.08. The molecule has 1 saturated heterocycles.